The average molecular weight is 447 g/mol. The van der Waals surface area contributed by atoms with Crippen LogP contribution in [0.15, 0.2) is 46.0 Å². The Kier molecular flexibility index (Phi) is 6.52. The predicted molar refractivity (Wildman–Crippen MR) is 99.5 cm³/mol. The third-order valence-electron chi connectivity index (χ3n) is 3.03. The van der Waals surface area contributed by atoms with Gasteiger partial charge in [-0.25, -0.2) is 9.82 Å². The number of hydrogen-bond donors (Lipinski definition) is 2. The van der Waals surface area contributed by atoms with Crippen molar-refractivity contribution in [1.29, 1.82) is 0 Å². The Bertz CT molecular complexity index is 874. The van der Waals surface area contributed by atoms with Gasteiger partial charge in [0, 0.05) is 15.1 Å². The molecule has 9 heteroatoms. The second kappa shape index (κ2) is 8.42. The largest absolute Gasteiger partial charge is 0.329 e. The Labute approximate surface area is 161 Å². The molecule has 25 heavy (non-hydrogen) atoms. The average Bonchev–Trinajstić information content (AvgIpc) is 2.54. The van der Waals surface area contributed by atoms with E-state index in [1.165, 1.54) is 24.3 Å². The molecule has 130 valence electrons. The van der Waals surface area contributed by atoms with E-state index in [4.69, 9.17) is 23.2 Å². The Balaban J connectivity index is 2.04. The van der Waals surface area contributed by atoms with Gasteiger partial charge in [0.05, 0.1) is 16.4 Å². The molecule has 2 amide bonds. The number of hydrazone groups is 1. The molecule has 2 aromatic rings. The lowest BCUT2D eigenvalue weighted by Crippen LogP contribution is -2.33. The highest BCUT2D eigenvalue weighted by Gasteiger charge is 2.16. The number of carbonyl (C=O) groups excluding carboxylic acids is 2. The molecule has 0 fully saturated rings. The number of halogens is 4. The van der Waals surface area contributed by atoms with Crippen molar-refractivity contribution in [3.63, 3.8) is 0 Å². The van der Waals surface area contributed by atoms with Crippen molar-refractivity contribution >= 4 is 62.3 Å². The van der Waals surface area contributed by atoms with Crippen molar-refractivity contribution in [2.24, 2.45) is 5.10 Å². The van der Waals surface area contributed by atoms with Crippen LogP contribution in [-0.4, -0.2) is 17.5 Å². The Morgan fingerprint density at radius 3 is 2.48 bits per heavy atom. The molecule has 0 bridgehead atoms. The van der Waals surface area contributed by atoms with E-state index in [9.17, 15) is 14.0 Å². The summed E-state index contributed by atoms with van der Waals surface area (Å²) in [5.41, 5.74) is 2.89. The standard InChI is InChI=1S/C16H11BrCl2FN3O2/c1-8(11-4-3-10(18)7-12(11)19)22-23-16(25)15(24)21-14-5-2-9(17)6-13(14)20/h2-7H,1H3,(H,21,24)(H,23,25). The molecular weight excluding hydrogens is 436 g/mol. The maximum absolute atomic E-state index is 13.7. The summed E-state index contributed by atoms with van der Waals surface area (Å²) in [4.78, 5) is 23.6. The normalized spacial score (nSPS) is 11.2. The third kappa shape index (κ3) is 5.26. The maximum atomic E-state index is 13.7. The molecule has 0 radical (unpaired) electrons. The molecule has 2 aromatic carbocycles. The zero-order valence-corrected chi connectivity index (χ0v) is 15.8. The summed E-state index contributed by atoms with van der Waals surface area (Å²) < 4.78 is 14.2. The van der Waals surface area contributed by atoms with Gasteiger partial charge in [-0.3, -0.25) is 9.59 Å². The highest BCUT2D eigenvalue weighted by molar-refractivity contribution is 9.10. The Morgan fingerprint density at radius 2 is 1.84 bits per heavy atom. The first-order valence-corrected chi connectivity index (χ1v) is 8.39. The highest BCUT2D eigenvalue weighted by Crippen LogP contribution is 2.21. The molecule has 5 nitrogen and oxygen atoms in total. The van der Waals surface area contributed by atoms with Crippen LogP contribution in [0, 0.1) is 5.82 Å². The van der Waals surface area contributed by atoms with Gasteiger partial charge in [0.25, 0.3) is 0 Å². The van der Waals surface area contributed by atoms with Crippen LogP contribution >= 0.6 is 39.1 Å². The molecule has 0 aliphatic carbocycles. The lowest BCUT2D eigenvalue weighted by Gasteiger charge is -2.07. The maximum Gasteiger partial charge on any atom is 0.329 e. The lowest BCUT2D eigenvalue weighted by molar-refractivity contribution is -0.136. The van der Waals surface area contributed by atoms with Crippen LogP contribution in [0.25, 0.3) is 0 Å². The number of amides is 2. The lowest BCUT2D eigenvalue weighted by atomic mass is 10.1. The van der Waals surface area contributed by atoms with Crippen LogP contribution in [0.4, 0.5) is 10.1 Å². The van der Waals surface area contributed by atoms with E-state index in [-0.39, 0.29) is 5.69 Å². The van der Waals surface area contributed by atoms with Gasteiger partial charge in [-0.2, -0.15) is 5.10 Å². The topological polar surface area (TPSA) is 70.6 Å². The summed E-state index contributed by atoms with van der Waals surface area (Å²) in [6.45, 7) is 1.60. The zero-order chi connectivity index (χ0) is 18.6. The van der Waals surface area contributed by atoms with E-state index in [0.717, 1.165) is 0 Å². The smallest absolute Gasteiger partial charge is 0.315 e. The van der Waals surface area contributed by atoms with Gasteiger partial charge in [-0.1, -0.05) is 45.2 Å². The molecule has 0 aromatic heterocycles. The summed E-state index contributed by atoms with van der Waals surface area (Å²) in [6.07, 6.45) is 0. The van der Waals surface area contributed by atoms with E-state index < -0.39 is 17.6 Å². The van der Waals surface area contributed by atoms with Crippen LogP contribution in [0.1, 0.15) is 12.5 Å². The van der Waals surface area contributed by atoms with E-state index >= 15 is 0 Å². The van der Waals surface area contributed by atoms with E-state index in [2.05, 4.69) is 31.8 Å². The van der Waals surface area contributed by atoms with Gasteiger partial charge in [-0.15, -0.1) is 0 Å². The van der Waals surface area contributed by atoms with Crippen molar-refractivity contribution < 1.29 is 14.0 Å². The fraction of sp³-hybridized carbons (Fsp3) is 0.0625. The van der Waals surface area contributed by atoms with E-state index in [1.807, 2.05) is 0 Å². The second-order valence-electron chi connectivity index (χ2n) is 4.84. The number of benzene rings is 2. The SMILES string of the molecule is CC(=NNC(=O)C(=O)Nc1ccc(Br)cc1F)c1ccc(Cl)cc1Cl. The Morgan fingerprint density at radius 1 is 1.12 bits per heavy atom. The van der Waals surface area contributed by atoms with Crippen LogP contribution in [0.2, 0.25) is 10.0 Å². The van der Waals surface area contributed by atoms with Crippen LogP contribution in [-0.2, 0) is 9.59 Å². The summed E-state index contributed by atoms with van der Waals surface area (Å²) in [5.74, 6) is -2.78. The van der Waals surface area contributed by atoms with Crippen LogP contribution in [0.5, 0.6) is 0 Å². The highest BCUT2D eigenvalue weighted by atomic mass is 79.9. The molecule has 0 atom stereocenters. The number of nitrogens with one attached hydrogen (secondary N) is 2. The van der Waals surface area contributed by atoms with E-state index in [1.54, 1.807) is 19.1 Å². The monoisotopic (exact) mass is 445 g/mol. The van der Waals surface area contributed by atoms with Crippen LogP contribution in [0.3, 0.4) is 0 Å². The molecule has 0 heterocycles. The second-order valence-corrected chi connectivity index (χ2v) is 6.60. The zero-order valence-electron chi connectivity index (χ0n) is 12.7. The van der Waals surface area contributed by atoms with Crippen molar-refractivity contribution in [2.45, 2.75) is 6.92 Å². The summed E-state index contributed by atoms with van der Waals surface area (Å²) in [6, 6.07) is 8.80. The fourth-order valence-electron chi connectivity index (χ4n) is 1.80. The number of nitrogens with zero attached hydrogens (tertiary/aromatic N) is 1. The van der Waals surface area contributed by atoms with Gasteiger partial charge in [0.1, 0.15) is 5.82 Å². The minimum atomic E-state index is -1.06. The molecule has 2 N–H and O–H groups in total. The van der Waals surface area contributed by atoms with Crippen molar-refractivity contribution in [1.82, 2.24) is 5.43 Å². The number of hydrogen-bond acceptors (Lipinski definition) is 3. The molecule has 0 aliphatic rings. The molecular formula is C16H11BrCl2FN3O2. The molecule has 0 spiro atoms. The fourth-order valence-corrected chi connectivity index (χ4v) is 2.68. The Hall–Kier alpha value is -1.96. The third-order valence-corrected chi connectivity index (χ3v) is 4.07. The quantitative estimate of drug-likeness (QED) is 0.417. The van der Waals surface area contributed by atoms with Gasteiger partial charge in [-0.05, 0) is 37.3 Å². The minimum Gasteiger partial charge on any atom is -0.315 e. The first-order valence-electron chi connectivity index (χ1n) is 6.84. The number of carbonyl (C=O) groups is 2. The molecule has 0 unspecified atom stereocenters. The van der Waals surface area contributed by atoms with Gasteiger partial charge >= 0.3 is 11.8 Å². The number of anilines is 1. The number of rotatable bonds is 3. The summed E-state index contributed by atoms with van der Waals surface area (Å²) in [7, 11) is 0. The first-order chi connectivity index (χ1) is 11.8. The predicted octanol–water partition coefficient (Wildman–Crippen LogP) is 4.37. The van der Waals surface area contributed by atoms with Gasteiger partial charge in [0.15, 0.2) is 0 Å². The first kappa shape index (κ1) is 19.4. The van der Waals surface area contributed by atoms with E-state index in [0.29, 0.717) is 25.8 Å². The van der Waals surface area contributed by atoms with Crippen molar-refractivity contribution in [2.75, 3.05) is 5.32 Å². The molecule has 0 aliphatic heterocycles. The van der Waals surface area contributed by atoms with Gasteiger partial charge in [0.2, 0.25) is 0 Å². The molecule has 0 saturated carbocycles. The minimum absolute atomic E-state index is 0.121. The van der Waals surface area contributed by atoms with Crippen molar-refractivity contribution in [3.05, 3.63) is 62.3 Å². The summed E-state index contributed by atoms with van der Waals surface area (Å²) in [5, 5.41) is 6.78. The van der Waals surface area contributed by atoms with Gasteiger partial charge < -0.3 is 5.32 Å². The summed E-state index contributed by atoms with van der Waals surface area (Å²) >= 11 is 14.9. The van der Waals surface area contributed by atoms with Crippen LogP contribution < -0.4 is 10.7 Å². The van der Waals surface area contributed by atoms with Crippen molar-refractivity contribution in [3.8, 4) is 0 Å². The molecule has 2 rings (SSSR count). The molecule has 0 saturated heterocycles.